The molecule has 26 heavy (non-hydrogen) atoms. The number of hydrogen-bond acceptors (Lipinski definition) is 2. The van der Waals surface area contributed by atoms with Gasteiger partial charge in [0, 0.05) is 27.3 Å². The predicted molar refractivity (Wildman–Crippen MR) is 109 cm³/mol. The second kappa shape index (κ2) is 8.76. The van der Waals surface area contributed by atoms with E-state index in [1.54, 1.807) is 18.2 Å². The van der Waals surface area contributed by atoms with E-state index in [0.717, 1.165) is 27.0 Å². The first-order valence-corrected chi connectivity index (χ1v) is 9.41. The highest BCUT2D eigenvalue weighted by Gasteiger charge is 2.07. The Morgan fingerprint density at radius 2 is 1.73 bits per heavy atom. The fraction of sp³-hybridized carbons (Fsp3) is 0.100. The Kier molecular flexibility index (Phi) is 6.41. The summed E-state index contributed by atoms with van der Waals surface area (Å²) in [6.07, 6.45) is 0. The van der Waals surface area contributed by atoms with Crippen LogP contribution in [0.1, 0.15) is 11.1 Å². The van der Waals surface area contributed by atoms with E-state index in [1.165, 1.54) is 6.07 Å². The van der Waals surface area contributed by atoms with Crippen molar-refractivity contribution in [3.63, 3.8) is 0 Å². The van der Waals surface area contributed by atoms with Crippen molar-refractivity contribution in [1.29, 1.82) is 0 Å². The van der Waals surface area contributed by atoms with Gasteiger partial charge in [-0.3, -0.25) is 0 Å². The summed E-state index contributed by atoms with van der Waals surface area (Å²) in [5.74, 6) is 0.288. The van der Waals surface area contributed by atoms with E-state index in [0.29, 0.717) is 18.2 Å². The molecule has 0 amide bonds. The molecule has 0 unspecified atom stereocenters. The van der Waals surface area contributed by atoms with Gasteiger partial charge in [0.1, 0.15) is 18.2 Å². The molecule has 1 N–H and O–H groups in total. The highest BCUT2D eigenvalue weighted by atomic mass is 79.9. The lowest BCUT2D eigenvalue weighted by atomic mass is 10.2. The molecule has 0 aliphatic carbocycles. The molecule has 6 heteroatoms. The third kappa shape index (κ3) is 5.13. The van der Waals surface area contributed by atoms with E-state index in [4.69, 9.17) is 27.9 Å². The SMILES string of the molecule is Fc1ccc(NCc2cc(Cl)ccc2OCc2ccc(Br)cc2)cc1Cl. The fourth-order valence-electron chi connectivity index (χ4n) is 2.37. The van der Waals surface area contributed by atoms with Gasteiger partial charge in [0.05, 0.1) is 5.02 Å². The van der Waals surface area contributed by atoms with Crippen molar-refractivity contribution < 1.29 is 9.13 Å². The Bertz CT molecular complexity index is 903. The molecule has 134 valence electrons. The van der Waals surface area contributed by atoms with Gasteiger partial charge in [-0.2, -0.15) is 0 Å². The summed E-state index contributed by atoms with van der Waals surface area (Å²) in [5.41, 5.74) is 2.68. The Morgan fingerprint density at radius 3 is 2.46 bits per heavy atom. The molecular weight excluding hydrogens is 440 g/mol. The van der Waals surface area contributed by atoms with Crippen molar-refractivity contribution in [2.45, 2.75) is 13.2 Å². The van der Waals surface area contributed by atoms with E-state index >= 15 is 0 Å². The summed E-state index contributed by atoms with van der Waals surface area (Å²) in [6, 6.07) is 17.9. The number of halogens is 4. The van der Waals surface area contributed by atoms with Gasteiger partial charge in [0.15, 0.2) is 0 Å². The minimum absolute atomic E-state index is 0.0767. The van der Waals surface area contributed by atoms with E-state index in [-0.39, 0.29) is 5.02 Å². The molecule has 0 heterocycles. The summed E-state index contributed by atoms with van der Waals surface area (Å²) in [4.78, 5) is 0. The number of anilines is 1. The maximum Gasteiger partial charge on any atom is 0.141 e. The maximum atomic E-state index is 13.3. The molecule has 0 saturated carbocycles. The third-order valence-electron chi connectivity index (χ3n) is 3.73. The molecule has 3 rings (SSSR count). The molecule has 0 radical (unpaired) electrons. The first kappa shape index (κ1) is 19.0. The lowest BCUT2D eigenvalue weighted by molar-refractivity contribution is 0.303. The van der Waals surface area contributed by atoms with E-state index in [1.807, 2.05) is 36.4 Å². The average molecular weight is 455 g/mol. The second-order valence-corrected chi connectivity index (χ2v) is 7.41. The normalized spacial score (nSPS) is 10.6. The van der Waals surface area contributed by atoms with Crippen molar-refractivity contribution in [2.24, 2.45) is 0 Å². The van der Waals surface area contributed by atoms with Crippen LogP contribution in [0.3, 0.4) is 0 Å². The van der Waals surface area contributed by atoms with Crippen molar-refractivity contribution in [3.8, 4) is 5.75 Å². The van der Waals surface area contributed by atoms with Crippen LogP contribution >= 0.6 is 39.1 Å². The smallest absolute Gasteiger partial charge is 0.141 e. The number of ether oxygens (including phenoxy) is 1. The van der Waals surface area contributed by atoms with Crippen LogP contribution in [0.2, 0.25) is 10.0 Å². The molecule has 3 aromatic rings. The Balaban J connectivity index is 1.70. The number of rotatable bonds is 6. The number of hydrogen-bond donors (Lipinski definition) is 1. The van der Waals surface area contributed by atoms with Gasteiger partial charge >= 0.3 is 0 Å². The van der Waals surface area contributed by atoms with E-state index in [9.17, 15) is 4.39 Å². The zero-order valence-corrected chi connectivity index (χ0v) is 16.7. The molecule has 0 spiro atoms. The number of benzene rings is 3. The topological polar surface area (TPSA) is 21.3 Å². The molecule has 0 aliphatic rings. The van der Waals surface area contributed by atoms with Crippen LogP contribution in [-0.2, 0) is 13.2 Å². The minimum atomic E-state index is -0.446. The molecule has 0 aromatic heterocycles. The zero-order chi connectivity index (χ0) is 18.5. The molecule has 0 fully saturated rings. The summed E-state index contributed by atoms with van der Waals surface area (Å²) in [6.45, 7) is 0.919. The van der Waals surface area contributed by atoms with Crippen LogP contribution in [0.4, 0.5) is 10.1 Å². The highest BCUT2D eigenvalue weighted by molar-refractivity contribution is 9.10. The van der Waals surface area contributed by atoms with Crippen molar-refractivity contribution in [1.82, 2.24) is 0 Å². The summed E-state index contributed by atoms with van der Waals surface area (Å²) >= 11 is 15.4. The van der Waals surface area contributed by atoms with Gasteiger partial charge in [0.25, 0.3) is 0 Å². The molecular formula is C20H15BrCl2FNO. The Morgan fingerprint density at radius 1 is 0.962 bits per heavy atom. The van der Waals surface area contributed by atoms with Gasteiger partial charge in [-0.25, -0.2) is 4.39 Å². The quantitative estimate of drug-likeness (QED) is 0.429. The van der Waals surface area contributed by atoms with Crippen LogP contribution in [-0.4, -0.2) is 0 Å². The fourth-order valence-corrected chi connectivity index (χ4v) is 3.01. The van der Waals surface area contributed by atoms with Gasteiger partial charge in [-0.15, -0.1) is 0 Å². The van der Waals surface area contributed by atoms with Crippen LogP contribution in [0.5, 0.6) is 5.75 Å². The van der Waals surface area contributed by atoms with Gasteiger partial charge in [0.2, 0.25) is 0 Å². The van der Waals surface area contributed by atoms with Crippen molar-refractivity contribution in [2.75, 3.05) is 5.32 Å². The maximum absolute atomic E-state index is 13.3. The van der Waals surface area contributed by atoms with Crippen LogP contribution in [0, 0.1) is 5.82 Å². The van der Waals surface area contributed by atoms with Crippen LogP contribution in [0.25, 0.3) is 0 Å². The summed E-state index contributed by atoms with van der Waals surface area (Å²) in [7, 11) is 0. The average Bonchev–Trinajstić information content (AvgIpc) is 2.63. The molecule has 0 atom stereocenters. The monoisotopic (exact) mass is 453 g/mol. The van der Waals surface area contributed by atoms with E-state index in [2.05, 4.69) is 21.2 Å². The predicted octanol–water partition coefficient (Wildman–Crippen LogP) is 7.09. The van der Waals surface area contributed by atoms with Crippen LogP contribution in [0.15, 0.2) is 65.1 Å². The lowest BCUT2D eigenvalue weighted by Gasteiger charge is -2.14. The number of nitrogens with one attached hydrogen (secondary N) is 1. The lowest BCUT2D eigenvalue weighted by Crippen LogP contribution is -2.04. The first-order chi connectivity index (χ1) is 12.5. The highest BCUT2D eigenvalue weighted by Crippen LogP contribution is 2.26. The Labute approximate surface area is 170 Å². The molecule has 0 aliphatic heterocycles. The summed E-state index contributed by atoms with van der Waals surface area (Å²) in [5, 5.41) is 3.90. The molecule has 0 bridgehead atoms. The Hall–Kier alpha value is -1.75. The molecule has 0 saturated heterocycles. The van der Waals surface area contributed by atoms with Crippen molar-refractivity contribution >= 4 is 44.8 Å². The van der Waals surface area contributed by atoms with E-state index < -0.39 is 5.82 Å². The van der Waals surface area contributed by atoms with Gasteiger partial charge in [-0.05, 0) is 54.1 Å². The van der Waals surface area contributed by atoms with Crippen LogP contribution < -0.4 is 10.1 Å². The largest absolute Gasteiger partial charge is 0.489 e. The standard InChI is InChI=1S/C20H15BrCl2FNO/c21-15-3-1-13(2-4-15)12-26-20-8-5-16(22)9-14(20)11-25-17-6-7-19(24)18(23)10-17/h1-10,25H,11-12H2. The summed E-state index contributed by atoms with van der Waals surface area (Å²) < 4.78 is 20.2. The molecule has 2 nitrogen and oxygen atoms in total. The zero-order valence-electron chi connectivity index (χ0n) is 13.6. The van der Waals surface area contributed by atoms with Gasteiger partial charge in [-0.1, -0.05) is 51.3 Å². The van der Waals surface area contributed by atoms with Gasteiger partial charge < -0.3 is 10.1 Å². The van der Waals surface area contributed by atoms with Crippen molar-refractivity contribution in [3.05, 3.63) is 92.1 Å². The third-order valence-corrected chi connectivity index (χ3v) is 4.79. The minimum Gasteiger partial charge on any atom is -0.489 e. The first-order valence-electron chi connectivity index (χ1n) is 7.86. The molecule has 3 aromatic carbocycles. The second-order valence-electron chi connectivity index (χ2n) is 5.65.